The van der Waals surface area contributed by atoms with Crippen LogP contribution in [0.2, 0.25) is 0 Å². The van der Waals surface area contributed by atoms with E-state index in [2.05, 4.69) is 26.2 Å². The molecule has 0 aliphatic carbocycles. The van der Waals surface area contributed by atoms with Gasteiger partial charge < -0.3 is 0 Å². The summed E-state index contributed by atoms with van der Waals surface area (Å²) in [6.07, 6.45) is 1.73. The van der Waals surface area contributed by atoms with E-state index >= 15 is 0 Å². The molecule has 0 spiro atoms. The topological polar surface area (TPSA) is 75.9 Å². The van der Waals surface area contributed by atoms with Crippen LogP contribution < -0.4 is 5.56 Å². The number of aryl methyl sites for hydroxylation is 1. The molecule has 120 valence electrons. The van der Waals surface area contributed by atoms with E-state index in [1.807, 2.05) is 30.5 Å². The van der Waals surface area contributed by atoms with Crippen molar-refractivity contribution in [1.82, 2.24) is 24.6 Å². The Morgan fingerprint density at radius 3 is 3.08 bits per heavy atom. The molecular weight excluding hydrogens is 342 g/mol. The van der Waals surface area contributed by atoms with Gasteiger partial charge in [0.1, 0.15) is 0 Å². The molecule has 3 heterocycles. The molecule has 8 heteroatoms. The fourth-order valence-corrected chi connectivity index (χ4v) is 3.76. The first-order valence-electron chi connectivity index (χ1n) is 7.27. The van der Waals surface area contributed by atoms with Crippen molar-refractivity contribution in [3.05, 3.63) is 63.5 Å². The van der Waals surface area contributed by atoms with Crippen molar-refractivity contribution in [2.75, 3.05) is 0 Å². The third kappa shape index (κ3) is 2.98. The first-order valence-corrected chi connectivity index (χ1v) is 9.13. The van der Waals surface area contributed by atoms with E-state index in [0.29, 0.717) is 15.9 Å². The molecule has 6 nitrogen and oxygen atoms in total. The highest BCUT2D eigenvalue weighted by Crippen LogP contribution is 2.22. The van der Waals surface area contributed by atoms with Gasteiger partial charge in [-0.15, -0.1) is 16.4 Å². The van der Waals surface area contributed by atoms with Crippen LogP contribution in [0.25, 0.3) is 16.3 Å². The van der Waals surface area contributed by atoms with Crippen molar-refractivity contribution in [2.24, 2.45) is 0 Å². The number of aromatic amines is 1. The van der Waals surface area contributed by atoms with E-state index in [1.165, 1.54) is 28.7 Å². The molecule has 4 aromatic rings. The van der Waals surface area contributed by atoms with E-state index in [9.17, 15) is 4.79 Å². The molecule has 0 fully saturated rings. The van der Waals surface area contributed by atoms with E-state index in [1.54, 1.807) is 16.7 Å². The lowest BCUT2D eigenvalue weighted by atomic mass is 10.1. The van der Waals surface area contributed by atoms with Crippen molar-refractivity contribution in [3.63, 3.8) is 0 Å². The van der Waals surface area contributed by atoms with E-state index in [4.69, 9.17) is 0 Å². The summed E-state index contributed by atoms with van der Waals surface area (Å²) < 4.78 is 1.54. The highest BCUT2D eigenvalue weighted by atomic mass is 32.2. The molecule has 1 aromatic carbocycles. The summed E-state index contributed by atoms with van der Waals surface area (Å²) in [6.45, 7) is 2.04. The van der Waals surface area contributed by atoms with Crippen molar-refractivity contribution in [2.45, 2.75) is 17.8 Å². The summed E-state index contributed by atoms with van der Waals surface area (Å²) in [5.41, 5.74) is 2.85. The van der Waals surface area contributed by atoms with Crippen molar-refractivity contribution < 1.29 is 0 Å². The van der Waals surface area contributed by atoms with Gasteiger partial charge in [0.25, 0.3) is 5.56 Å². The summed E-state index contributed by atoms with van der Waals surface area (Å²) in [6, 6.07) is 9.65. The summed E-state index contributed by atoms with van der Waals surface area (Å²) in [5, 5.41) is 9.68. The minimum atomic E-state index is -0.0627. The number of rotatable bonds is 4. The monoisotopic (exact) mass is 355 g/mol. The largest absolute Gasteiger partial charge is 0.269 e. The normalized spacial score (nSPS) is 11.2. The molecule has 0 saturated carbocycles. The molecule has 1 N–H and O–H groups in total. The molecule has 0 atom stereocenters. The number of hydrogen-bond acceptors (Lipinski definition) is 6. The van der Waals surface area contributed by atoms with Crippen LogP contribution in [0, 0.1) is 6.92 Å². The maximum absolute atomic E-state index is 12.0. The maximum atomic E-state index is 12.0. The fourth-order valence-electron chi connectivity index (χ4n) is 2.33. The Morgan fingerprint density at radius 1 is 1.29 bits per heavy atom. The Bertz CT molecular complexity index is 1070. The molecule has 3 aromatic heterocycles. The van der Waals surface area contributed by atoms with Crippen LogP contribution >= 0.6 is 23.1 Å². The standard InChI is InChI=1S/C16H13N5OS2/c1-10-3-2-4-11(7-10)14-18-15(20-19-14)24-9-12-8-13(22)21-5-6-23-16(21)17-12/h2-8H,9H2,1H3,(H,18,19,20). The second-order valence-electron chi connectivity index (χ2n) is 5.27. The highest BCUT2D eigenvalue weighted by molar-refractivity contribution is 7.98. The SMILES string of the molecule is Cc1cccc(-c2nc(SCc3cc(=O)n4ccsc4n3)n[nH]2)c1. The molecule has 4 rings (SSSR count). The third-order valence-electron chi connectivity index (χ3n) is 3.46. The van der Waals surface area contributed by atoms with Crippen molar-refractivity contribution >= 4 is 28.1 Å². The maximum Gasteiger partial charge on any atom is 0.258 e. The Morgan fingerprint density at radius 2 is 2.21 bits per heavy atom. The molecule has 0 unspecified atom stereocenters. The van der Waals surface area contributed by atoms with Gasteiger partial charge in [-0.25, -0.2) is 9.97 Å². The molecular formula is C16H13N5OS2. The molecule has 0 radical (unpaired) electrons. The number of benzene rings is 1. The summed E-state index contributed by atoms with van der Waals surface area (Å²) in [4.78, 5) is 21.7. The Labute approximate surface area is 145 Å². The van der Waals surface area contributed by atoms with Crippen LogP contribution in [0.1, 0.15) is 11.3 Å². The number of thiazole rings is 1. The van der Waals surface area contributed by atoms with Gasteiger partial charge in [-0.05, 0) is 13.0 Å². The number of nitrogens with zero attached hydrogens (tertiary/aromatic N) is 4. The highest BCUT2D eigenvalue weighted by Gasteiger charge is 2.09. The second kappa shape index (κ2) is 6.21. The smallest absolute Gasteiger partial charge is 0.258 e. The lowest BCUT2D eigenvalue weighted by Crippen LogP contribution is -2.12. The van der Waals surface area contributed by atoms with Gasteiger partial charge >= 0.3 is 0 Å². The van der Waals surface area contributed by atoms with Gasteiger partial charge in [0.2, 0.25) is 5.16 Å². The average molecular weight is 355 g/mol. The van der Waals surface area contributed by atoms with E-state index in [0.717, 1.165) is 17.1 Å². The minimum Gasteiger partial charge on any atom is -0.269 e. The Hall–Kier alpha value is -2.45. The summed E-state index contributed by atoms with van der Waals surface area (Å²) in [5.74, 6) is 1.29. The number of hydrogen-bond donors (Lipinski definition) is 1. The van der Waals surface area contributed by atoms with Gasteiger partial charge in [-0.2, -0.15) is 0 Å². The molecule has 0 bridgehead atoms. The average Bonchev–Trinajstić information content (AvgIpc) is 3.22. The third-order valence-corrected chi connectivity index (χ3v) is 5.10. The summed E-state index contributed by atoms with van der Waals surface area (Å²) >= 11 is 2.90. The number of thioether (sulfide) groups is 1. The number of aromatic nitrogens is 5. The van der Waals surface area contributed by atoms with Crippen LogP contribution in [0.4, 0.5) is 0 Å². The predicted molar refractivity (Wildman–Crippen MR) is 95.5 cm³/mol. The molecule has 24 heavy (non-hydrogen) atoms. The lowest BCUT2D eigenvalue weighted by molar-refractivity contribution is 0.970. The quantitative estimate of drug-likeness (QED) is 0.569. The first-order chi connectivity index (χ1) is 11.7. The number of fused-ring (bicyclic) bond motifs is 1. The zero-order valence-electron chi connectivity index (χ0n) is 12.8. The molecule has 0 aliphatic rings. The zero-order valence-corrected chi connectivity index (χ0v) is 14.4. The van der Waals surface area contributed by atoms with Crippen LogP contribution in [0.15, 0.2) is 51.9 Å². The minimum absolute atomic E-state index is 0.0627. The summed E-state index contributed by atoms with van der Waals surface area (Å²) in [7, 11) is 0. The van der Waals surface area contributed by atoms with Crippen LogP contribution in [0.5, 0.6) is 0 Å². The Balaban J connectivity index is 1.52. The van der Waals surface area contributed by atoms with E-state index in [-0.39, 0.29) is 5.56 Å². The van der Waals surface area contributed by atoms with Gasteiger partial charge in [0.15, 0.2) is 10.8 Å². The van der Waals surface area contributed by atoms with Gasteiger partial charge in [0.05, 0.1) is 5.69 Å². The molecule has 0 aliphatic heterocycles. The van der Waals surface area contributed by atoms with Crippen LogP contribution in [-0.4, -0.2) is 24.6 Å². The Kier molecular flexibility index (Phi) is 3.91. The van der Waals surface area contributed by atoms with Gasteiger partial charge in [0, 0.05) is 29.0 Å². The van der Waals surface area contributed by atoms with Crippen molar-refractivity contribution in [1.29, 1.82) is 0 Å². The van der Waals surface area contributed by atoms with Crippen molar-refractivity contribution in [3.8, 4) is 11.4 Å². The molecule has 0 amide bonds. The second-order valence-corrected chi connectivity index (χ2v) is 7.08. The fraction of sp³-hybridized carbons (Fsp3) is 0.125. The van der Waals surface area contributed by atoms with Crippen LogP contribution in [-0.2, 0) is 5.75 Å². The van der Waals surface area contributed by atoms with Gasteiger partial charge in [-0.3, -0.25) is 14.3 Å². The van der Waals surface area contributed by atoms with Gasteiger partial charge in [-0.1, -0.05) is 35.5 Å². The zero-order chi connectivity index (χ0) is 16.5. The van der Waals surface area contributed by atoms with Crippen LogP contribution in [0.3, 0.4) is 0 Å². The number of nitrogens with one attached hydrogen (secondary N) is 1. The molecule has 0 saturated heterocycles. The first kappa shape index (κ1) is 15.1. The van der Waals surface area contributed by atoms with E-state index < -0.39 is 0 Å². The predicted octanol–water partition coefficient (Wildman–Crippen LogP) is 3.14. The number of H-pyrrole nitrogens is 1. The lowest BCUT2D eigenvalue weighted by Gasteiger charge is -1.98.